The molecular weight excluding hydrogens is 467 g/mol. The first-order chi connectivity index (χ1) is 14.9. The Morgan fingerprint density at radius 2 is 1.97 bits per heavy atom. The number of nitrogens with one attached hydrogen (secondary N) is 1. The summed E-state index contributed by atoms with van der Waals surface area (Å²) in [6.45, 7) is 1.76. The van der Waals surface area contributed by atoms with Crippen molar-refractivity contribution in [2.75, 3.05) is 5.32 Å². The standard InChI is InChI=1S/C22H16BrFN4O3/c1-13-4-9-18(17(23)11-13)25-19(29)12-28-10-2-3-16(22(28)30)21-26-20(27-31-21)14-5-7-15(24)8-6-14/h2-11H,12H2,1H3,(H,25,29). The van der Waals surface area contributed by atoms with Gasteiger partial charge in [-0.05, 0) is 76.9 Å². The maximum atomic E-state index is 13.1. The Bertz CT molecular complexity index is 1320. The van der Waals surface area contributed by atoms with E-state index in [4.69, 9.17) is 4.52 Å². The van der Waals surface area contributed by atoms with Crippen molar-refractivity contribution in [3.8, 4) is 22.8 Å². The van der Waals surface area contributed by atoms with E-state index in [9.17, 15) is 14.0 Å². The van der Waals surface area contributed by atoms with Crippen molar-refractivity contribution in [2.24, 2.45) is 0 Å². The minimum absolute atomic E-state index is 0.0142. The quantitative estimate of drug-likeness (QED) is 0.454. The summed E-state index contributed by atoms with van der Waals surface area (Å²) in [5.41, 5.74) is 1.92. The molecule has 0 saturated heterocycles. The number of anilines is 1. The van der Waals surface area contributed by atoms with Crippen LogP contribution in [0, 0.1) is 12.7 Å². The average molecular weight is 483 g/mol. The van der Waals surface area contributed by atoms with E-state index in [1.54, 1.807) is 12.1 Å². The number of hydrogen-bond acceptors (Lipinski definition) is 5. The minimum atomic E-state index is -0.449. The van der Waals surface area contributed by atoms with Crippen LogP contribution >= 0.6 is 15.9 Å². The fraction of sp³-hybridized carbons (Fsp3) is 0.0909. The van der Waals surface area contributed by atoms with Gasteiger partial charge in [0.1, 0.15) is 17.9 Å². The molecule has 2 heterocycles. The average Bonchev–Trinajstić information content (AvgIpc) is 3.22. The number of nitrogens with zero attached hydrogens (tertiary/aromatic N) is 3. The molecule has 31 heavy (non-hydrogen) atoms. The fourth-order valence-electron chi connectivity index (χ4n) is 2.94. The second kappa shape index (κ2) is 8.65. The van der Waals surface area contributed by atoms with Gasteiger partial charge < -0.3 is 14.4 Å². The monoisotopic (exact) mass is 482 g/mol. The van der Waals surface area contributed by atoms with Crippen LogP contribution in [0.4, 0.5) is 10.1 Å². The van der Waals surface area contributed by atoms with Gasteiger partial charge >= 0.3 is 0 Å². The second-order valence-electron chi connectivity index (χ2n) is 6.82. The third kappa shape index (κ3) is 4.61. The number of halogens is 2. The molecule has 0 bridgehead atoms. The van der Waals surface area contributed by atoms with Crippen LogP contribution in [0.15, 0.2) is 74.6 Å². The van der Waals surface area contributed by atoms with Crippen molar-refractivity contribution in [1.29, 1.82) is 0 Å². The lowest BCUT2D eigenvalue weighted by molar-refractivity contribution is -0.116. The maximum absolute atomic E-state index is 13.1. The Balaban J connectivity index is 1.55. The highest BCUT2D eigenvalue weighted by Crippen LogP contribution is 2.23. The fourth-order valence-corrected chi connectivity index (χ4v) is 3.53. The number of aryl methyl sites for hydroxylation is 1. The van der Waals surface area contributed by atoms with Crippen LogP contribution in [0.3, 0.4) is 0 Å². The number of benzene rings is 2. The first-order valence-corrected chi connectivity index (χ1v) is 10.1. The Labute approximate surface area is 184 Å². The first-order valence-electron chi connectivity index (χ1n) is 9.26. The molecule has 0 unspecified atom stereocenters. The SMILES string of the molecule is Cc1ccc(NC(=O)Cn2cccc(-c3nc(-c4ccc(F)cc4)no3)c2=O)c(Br)c1. The van der Waals surface area contributed by atoms with Crippen LogP contribution in [-0.4, -0.2) is 20.6 Å². The third-order valence-electron chi connectivity index (χ3n) is 4.49. The minimum Gasteiger partial charge on any atom is -0.333 e. The van der Waals surface area contributed by atoms with E-state index in [0.29, 0.717) is 11.3 Å². The molecule has 0 saturated carbocycles. The van der Waals surface area contributed by atoms with Crippen molar-refractivity contribution in [1.82, 2.24) is 14.7 Å². The molecule has 156 valence electrons. The molecule has 0 aliphatic carbocycles. The predicted octanol–water partition coefficient (Wildman–Crippen LogP) is 4.41. The normalized spacial score (nSPS) is 10.8. The zero-order valence-electron chi connectivity index (χ0n) is 16.3. The Morgan fingerprint density at radius 3 is 2.71 bits per heavy atom. The number of carbonyl (C=O) groups is 1. The van der Waals surface area contributed by atoms with E-state index >= 15 is 0 Å². The summed E-state index contributed by atoms with van der Waals surface area (Å²) in [5, 5.41) is 6.63. The van der Waals surface area contributed by atoms with Crippen LogP contribution in [-0.2, 0) is 11.3 Å². The highest BCUT2D eigenvalue weighted by atomic mass is 79.9. The zero-order chi connectivity index (χ0) is 22.0. The summed E-state index contributed by atoms with van der Waals surface area (Å²) in [6.07, 6.45) is 1.51. The van der Waals surface area contributed by atoms with Gasteiger partial charge in [0, 0.05) is 16.2 Å². The van der Waals surface area contributed by atoms with Gasteiger partial charge in [-0.3, -0.25) is 9.59 Å². The van der Waals surface area contributed by atoms with Crippen molar-refractivity contribution in [2.45, 2.75) is 13.5 Å². The lowest BCUT2D eigenvalue weighted by atomic mass is 10.2. The van der Waals surface area contributed by atoms with Crippen molar-refractivity contribution in [3.05, 3.63) is 87.0 Å². The Kier molecular flexibility index (Phi) is 5.77. The molecule has 1 N–H and O–H groups in total. The van der Waals surface area contributed by atoms with Gasteiger partial charge in [-0.2, -0.15) is 4.98 Å². The molecule has 2 aromatic carbocycles. The summed E-state index contributed by atoms with van der Waals surface area (Å²) >= 11 is 3.41. The van der Waals surface area contributed by atoms with Crippen LogP contribution in [0.2, 0.25) is 0 Å². The second-order valence-corrected chi connectivity index (χ2v) is 7.67. The van der Waals surface area contributed by atoms with E-state index in [2.05, 4.69) is 31.4 Å². The van der Waals surface area contributed by atoms with E-state index in [1.807, 2.05) is 19.1 Å². The molecule has 2 aromatic heterocycles. The molecule has 4 aromatic rings. The topological polar surface area (TPSA) is 90.0 Å². The number of rotatable bonds is 5. The van der Waals surface area contributed by atoms with Crippen LogP contribution in [0.5, 0.6) is 0 Å². The number of amides is 1. The molecule has 0 spiro atoms. The van der Waals surface area contributed by atoms with E-state index in [-0.39, 0.29) is 35.5 Å². The molecule has 7 nitrogen and oxygen atoms in total. The zero-order valence-corrected chi connectivity index (χ0v) is 17.9. The van der Waals surface area contributed by atoms with Crippen molar-refractivity contribution >= 4 is 27.5 Å². The van der Waals surface area contributed by atoms with E-state index in [1.165, 1.54) is 41.1 Å². The lowest BCUT2D eigenvalue weighted by Crippen LogP contribution is -2.28. The molecule has 0 aliphatic heterocycles. The Morgan fingerprint density at radius 1 is 1.19 bits per heavy atom. The molecular formula is C22H16BrFN4O3. The van der Waals surface area contributed by atoms with Crippen LogP contribution in [0.1, 0.15) is 5.56 Å². The smallest absolute Gasteiger partial charge is 0.263 e. The van der Waals surface area contributed by atoms with Gasteiger partial charge in [0.25, 0.3) is 11.4 Å². The first kappa shape index (κ1) is 20.7. The molecule has 0 atom stereocenters. The Hall–Kier alpha value is -3.59. The molecule has 1 amide bonds. The molecule has 4 rings (SSSR count). The van der Waals surface area contributed by atoms with Crippen molar-refractivity contribution < 1.29 is 13.7 Å². The highest BCUT2D eigenvalue weighted by Gasteiger charge is 2.16. The summed E-state index contributed by atoms with van der Waals surface area (Å²) in [7, 11) is 0. The molecule has 9 heteroatoms. The number of pyridine rings is 1. The summed E-state index contributed by atoms with van der Waals surface area (Å²) in [4.78, 5) is 29.5. The summed E-state index contributed by atoms with van der Waals surface area (Å²) in [5.74, 6) is -0.497. The molecule has 0 aliphatic rings. The van der Waals surface area contributed by atoms with Gasteiger partial charge in [0.2, 0.25) is 11.7 Å². The van der Waals surface area contributed by atoms with Crippen LogP contribution in [0.25, 0.3) is 22.8 Å². The summed E-state index contributed by atoms with van der Waals surface area (Å²) in [6, 6.07) is 14.3. The molecule has 0 fully saturated rings. The maximum Gasteiger partial charge on any atom is 0.263 e. The van der Waals surface area contributed by atoms with Gasteiger partial charge in [0.15, 0.2) is 0 Å². The number of aromatic nitrogens is 3. The van der Waals surface area contributed by atoms with Gasteiger partial charge in [-0.1, -0.05) is 11.2 Å². The summed E-state index contributed by atoms with van der Waals surface area (Å²) < 4.78 is 20.3. The molecule has 0 radical (unpaired) electrons. The van der Waals surface area contributed by atoms with Gasteiger partial charge in [0.05, 0.1) is 5.69 Å². The highest BCUT2D eigenvalue weighted by molar-refractivity contribution is 9.10. The van der Waals surface area contributed by atoms with Crippen LogP contribution < -0.4 is 10.9 Å². The van der Waals surface area contributed by atoms with Gasteiger partial charge in [-0.25, -0.2) is 4.39 Å². The van der Waals surface area contributed by atoms with E-state index in [0.717, 1.165) is 10.0 Å². The predicted molar refractivity (Wildman–Crippen MR) is 117 cm³/mol. The third-order valence-corrected chi connectivity index (χ3v) is 5.15. The number of hydrogen-bond donors (Lipinski definition) is 1. The van der Waals surface area contributed by atoms with Gasteiger partial charge in [-0.15, -0.1) is 0 Å². The van der Waals surface area contributed by atoms with Crippen molar-refractivity contribution in [3.63, 3.8) is 0 Å². The number of carbonyl (C=O) groups excluding carboxylic acids is 1. The lowest BCUT2D eigenvalue weighted by Gasteiger charge is -2.10. The van der Waals surface area contributed by atoms with E-state index < -0.39 is 5.56 Å². The largest absolute Gasteiger partial charge is 0.333 e.